The Bertz CT molecular complexity index is 1880. The number of carbonyl (C=O) groups is 1. The number of hydrogen-bond acceptors (Lipinski definition) is 5. The molecule has 4 aromatic heterocycles. The number of rotatable bonds is 1. The number of aromatic amines is 2. The minimum Gasteiger partial charge on any atom is -0.346 e. The molecule has 6 aromatic rings. The summed E-state index contributed by atoms with van der Waals surface area (Å²) >= 11 is 0. The van der Waals surface area contributed by atoms with Crippen molar-refractivity contribution in [2.75, 3.05) is 0 Å². The van der Waals surface area contributed by atoms with Crippen molar-refractivity contribution in [2.45, 2.75) is 33.2 Å². The third kappa shape index (κ3) is 4.24. The Morgan fingerprint density at radius 3 is 1.86 bits per heavy atom. The highest BCUT2D eigenvalue weighted by atomic mass is 16.2. The van der Waals surface area contributed by atoms with Gasteiger partial charge in [0.05, 0.1) is 21.8 Å². The minimum absolute atomic E-state index is 0.0521. The van der Waals surface area contributed by atoms with Gasteiger partial charge in [-0.3, -0.25) is 24.6 Å². The van der Waals surface area contributed by atoms with Gasteiger partial charge in [0.2, 0.25) is 0 Å². The van der Waals surface area contributed by atoms with Crippen molar-refractivity contribution in [3.05, 3.63) is 92.8 Å². The van der Waals surface area contributed by atoms with Crippen LogP contribution in [-0.2, 0) is 0 Å². The van der Waals surface area contributed by atoms with Crippen LogP contribution in [0, 0.1) is 6.92 Å². The molecule has 3 N–H and O–H groups in total. The smallest absolute Gasteiger partial charge is 0.280 e. The predicted molar refractivity (Wildman–Crippen MR) is 139 cm³/mol. The molecule has 1 amide bonds. The zero-order valence-electron chi connectivity index (χ0n) is 20.3. The second-order valence-electron chi connectivity index (χ2n) is 9.57. The van der Waals surface area contributed by atoms with Gasteiger partial charge in [-0.1, -0.05) is 24.3 Å². The second-order valence-corrected chi connectivity index (χ2v) is 9.57. The van der Waals surface area contributed by atoms with Gasteiger partial charge >= 0.3 is 0 Å². The van der Waals surface area contributed by atoms with Crippen molar-refractivity contribution in [1.82, 2.24) is 34.5 Å². The van der Waals surface area contributed by atoms with E-state index in [1.807, 2.05) is 58.0 Å². The van der Waals surface area contributed by atoms with Crippen LogP contribution in [-0.4, -0.2) is 40.6 Å². The Labute approximate surface area is 204 Å². The highest BCUT2D eigenvalue weighted by Crippen LogP contribution is 2.11. The average molecular weight is 484 g/mol. The van der Waals surface area contributed by atoms with Gasteiger partial charge in [-0.2, -0.15) is 0 Å². The van der Waals surface area contributed by atoms with Crippen molar-refractivity contribution < 1.29 is 4.79 Å². The lowest BCUT2D eigenvalue weighted by Crippen LogP contribution is -2.40. The first kappa shape index (κ1) is 23.0. The SMILES string of the molecule is CC(C)(C)NC(=O)c1cc2nc3ccccc3c(=O)n2[nH]1.Cc1cc2nc3ccccc3c(=O)n2[nH]1. The van der Waals surface area contributed by atoms with Crippen LogP contribution in [0.5, 0.6) is 0 Å². The van der Waals surface area contributed by atoms with Crippen LogP contribution in [0.3, 0.4) is 0 Å². The summed E-state index contributed by atoms with van der Waals surface area (Å²) < 4.78 is 2.76. The third-order valence-electron chi connectivity index (χ3n) is 5.48. The van der Waals surface area contributed by atoms with Crippen molar-refractivity contribution in [1.29, 1.82) is 0 Å². The van der Waals surface area contributed by atoms with Gasteiger partial charge in [-0.05, 0) is 52.0 Å². The molecule has 0 aliphatic rings. The Kier molecular flexibility index (Phi) is 5.43. The van der Waals surface area contributed by atoms with E-state index in [1.165, 1.54) is 9.03 Å². The van der Waals surface area contributed by atoms with Crippen LogP contribution >= 0.6 is 0 Å². The van der Waals surface area contributed by atoms with E-state index in [4.69, 9.17) is 0 Å². The van der Waals surface area contributed by atoms with Gasteiger partial charge in [0, 0.05) is 23.4 Å². The van der Waals surface area contributed by atoms with E-state index in [1.54, 1.807) is 30.3 Å². The summed E-state index contributed by atoms with van der Waals surface area (Å²) in [6, 6.07) is 17.9. The second kappa shape index (κ2) is 8.49. The first-order valence-electron chi connectivity index (χ1n) is 11.4. The Morgan fingerprint density at radius 1 is 0.806 bits per heavy atom. The zero-order valence-corrected chi connectivity index (χ0v) is 20.3. The quantitative estimate of drug-likeness (QED) is 0.331. The summed E-state index contributed by atoms with van der Waals surface area (Å²) in [5, 5.41) is 9.76. The molecule has 0 saturated carbocycles. The minimum atomic E-state index is -0.350. The molecule has 0 saturated heterocycles. The fraction of sp³-hybridized carbons (Fsp3) is 0.192. The number of carbonyl (C=O) groups excluding carboxylic acids is 1. The van der Waals surface area contributed by atoms with Crippen LogP contribution in [0.1, 0.15) is 37.0 Å². The molecule has 0 aliphatic carbocycles. The number of hydrogen-bond donors (Lipinski definition) is 3. The molecule has 0 atom stereocenters. The molecule has 0 spiro atoms. The Morgan fingerprint density at radius 2 is 1.31 bits per heavy atom. The largest absolute Gasteiger partial charge is 0.346 e. The molecule has 6 rings (SSSR count). The molecule has 10 heteroatoms. The van der Waals surface area contributed by atoms with Crippen LogP contribution in [0.2, 0.25) is 0 Å². The molecule has 0 radical (unpaired) electrons. The average Bonchev–Trinajstić information content (AvgIpc) is 3.42. The first-order chi connectivity index (χ1) is 17.1. The molecule has 0 bridgehead atoms. The van der Waals surface area contributed by atoms with Gasteiger partial charge in [0.15, 0.2) is 11.3 Å². The lowest BCUT2D eigenvalue weighted by atomic mass is 10.1. The fourth-order valence-corrected chi connectivity index (χ4v) is 3.92. The van der Waals surface area contributed by atoms with E-state index in [-0.39, 0.29) is 22.6 Å². The van der Waals surface area contributed by atoms with Crippen LogP contribution in [0.25, 0.3) is 33.1 Å². The molecule has 10 nitrogen and oxygen atoms in total. The maximum Gasteiger partial charge on any atom is 0.280 e. The van der Waals surface area contributed by atoms with Gasteiger partial charge in [-0.25, -0.2) is 19.0 Å². The van der Waals surface area contributed by atoms with Gasteiger partial charge in [-0.15, -0.1) is 0 Å². The predicted octanol–water partition coefficient (Wildman–Crippen LogP) is 3.19. The van der Waals surface area contributed by atoms with Crippen molar-refractivity contribution in [3.63, 3.8) is 0 Å². The molecular weight excluding hydrogens is 458 g/mol. The maximum atomic E-state index is 12.4. The van der Waals surface area contributed by atoms with E-state index < -0.39 is 0 Å². The lowest BCUT2D eigenvalue weighted by molar-refractivity contribution is 0.0914. The molecule has 4 heterocycles. The summed E-state index contributed by atoms with van der Waals surface area (Å²) in [5.74, 6) is -0.267. The molecule has 0 aliphatic heterocycles. The molecule has 36 heavy (non-hydrogen) atoms. The maximum absolute atomic E-state index is 12.4. The fourth-order valence-electron chi connectivity index (χ4n) is 3.92. The lowest BCUT2D eigenvalue weighted by Gasteiger charge is -2.19. The normalized spacial score (nSPS) is 11.7. The standard InChI is InChI=1S/C15H16N4O2.C11H9N3O/c1-15(2,3)17-13(20)11-8-12-16-10-7-5-4-6-9(10)14(21)19(12)18-11;1-7-6-10-12-9-5-3-2-4-8(9)11(15)14(10)13-7/h4-8,18H,1-3H3,(H,17,20);2-6,13H,1H3. The number of nitrogens with zero attached hydrogens (tertiary/aromatic N) is 4. The van der Waals surface area contributed by atoms with E-state index in [0.717, 1.165) is 11.2 Å². The first-order valence-corrected chi connectivity index (χ1v) is 11.4. The highest BCUT2D eigenvalue weighted by Gasteiger charge is 2.18. The van der Waals surface area contributed by atoms with Crippen LogP contribution < -0.4 is 16.4 Å². The van der Waals surface area contributed by atoms with Gasteiger partial charge in [0.25, 0.3) is 17.0 Å². The molecular formula is C26H25N7O3. The van der Waals surface area contributed by atoms with Crippen molar-refractivity contribution >= 4 is 39.0 Å². The number of aryl methyl sites for hydroxylation is 1. The van der Waals surface area contributed by atoms with Crippen LogP contribution in [0.15, 0.2) is 70.3 Å². The summed E-state index contributed by atoms with van der Waals surface area (Å²) in [5.41, 5.74) is 3.06. The van der Waals surface area contributed by atoms with Crippen molar-refractivity contribution in [2.24, 2.45) is 0 Å². The number of para-hydroxylation sites is 2. The number of aromatic nitrogens is 6. The Balaban J connectivity index is 0.000000156. The van der Waals surface area contributed by atoms with E-state index >= 15 is 0 Å². The monoisotopic (exact) mass is 483 g/mol. The van der Waals surface area contributed by atoms with E-state index in [9.17, 15) is 14.4 Å². The van der Waals surface area contributed by atoms with Gasteiger partial charge in [0.1, 0.15) is 5.69 Å². The highest BCUT2D eigenvalue weighted by molar-refractivity contribution is 5.94. The number of fused-ring (bicyclic) bond motifs is 4. The number of nitrogens with one attached hydrogen (secondary N) is 3. The molecule has 0 fully saturated rings. The molecule has 0 unspecified atom stereocenters. The van der Waals surface area contributed by atoms with E-state index in [2.05, 4.69) is 25.5 Å². The number of H-pyrrole nitrogens is 2. The molecule has 182 valence electrons. The zero-order chi connectivity index (χ0) is 25.6. The summed E-state index contributed by atoms with van der Waals surface area (Å²) in [4.78, 5) is 45.3. The van der Waals surface area contributed by atoms with Crippen LogP contribution in [0.4, 0.5) is 0 Å². The summed E-state index contributed by atoms with van der Waals surface area (Å²) in [6.45, 7) is 7.59. The summed E-state index contributed by atoms with van der Waals surface area (Å²) in [7, 11) is 0. The topological polar surface area (TPSA) is 129 Å². The third-order valence-corrected chi connectivity index (χ3v) is 5.48. The number of amides is 1. The van der Waals surface area contributed by atoms with E-state index in [0.29, 0.717) is 33.3 Å². The number of benzene rings is 2. The summed E-state index contributed by atoms with van der Waals surface area (Å²) in [6.07, 6.45) is 0. The van der Waals surface area contributed by atoms with Crippen molar-refractivity contribution in [3.8, 4) is 0 Å². The molecule has 2 aromatic carbocycles. The van der Waals surface area contributed by atoms with Gasteiger partial charge < -0.3 is 5.32 Å². The Hall–Kier alpha value is -4.73.